The lowest BCUT2D eigenvalue weighted by Gasteiger charge is -2.40. The Labute approximate surface area is 226 Å². The van der Waals surface area contributed by atoms with E-state index in [9.17, 15) is 5.11 Å². The quantitative estimate of drug-likeness (QED) is 0.292. The number of para-hydroxylation sites is 1. The Balaban J connectivity index is 1.15. The maximum absolute atomic E-state index is 10.8. The van der Waals surface area contributed by atoms with Gasteiger partial charge >= 0.3 is 0 Å². The third-order valence-corrected chi connectivity index (χ3v) is 7.25. The van der Waals surface area contributed by atoms with Crippen molar-refractivity contribution >= 4 is 12.2 Å². The predicted molar refractivity (Wildman–Crippen MR) is 155 cm³/mol. The Kier molecular flexibility index (Phi) is 8.71. The molecule has 4 aromatic rings. The van der Waals surface area contributed by atoms with Gasteiger partial charge in [0.1, 0.15) is 18.5 Å². The van der Waals surface area contributed by atoms with Crippen molar-refractivity contribution in [2.24, 2.45) is 0 Å². The highest BCUT2D eigenvalue weighted by atomic mass is 16.5. The summed E-state index contributed by atoms with van der Waals surface area (Å²) in [5.41, 5.74) is 5.92. The van der Waals surface area contributed by atoms with E-state index in [4.69, 9.17) is 4.74 Å². The van der Waals surface area contributed by atoms with Gasteiger partial charge in [0.05, 0.1) is 6.04 Å². The zero-order chi connectivity index (χ0) is 26.2. The van der Waals surface area contributed by atoms with Crippen molar-refractivity contribution in [1.82, 2.24) is 14.8 Å². The molecule has 5 heteroatoms. The number of β-amino-alcohol motifs (C(OH)–C–C–N with tert-alkyl or cyclic N) is 1. The van der Waals surface area contributed by atoms with E-state index in [2.05, 4.69) is 101 Å². The summed E-state index contributed by atoms with van der Waals surface area (Å²) in [6.07, 6.45) is 5.50. The van der Waals surface area contributed by atoms with Crippen molar-refractivity contribution in [3.8, 4) is 5.75 Å². The van der Waals surface area contributed by atoms with E-state index in [1.54, 1.807) is 0 Å². The van der Waals surface area contributed by atoms with Gasteiger partial charge in [-0.3, -0.25) is 9.80 Å². The number of benzene rings is 3. The molecule has 1 aliphatic heterocycles. The van der Waals surface area contributed by atoms with Crippen molar-refractivity contribution in [2.45, 2.75) is 19.1 Å². The van der Waals surface area contributed by atoms with Gasteiger partial charge in [-0.1, -0.05) is 78.9 Å². The Morgan fingerprint density at radius 1 is 0.816 bits per heavy atom. The highest BCUT2D eigenvalue weighted by Gasteiger charge is 2.27. The fourth-order valence-electron chi connectivity index (χ4n) is 5.19. The van der Waals surface area contributed by atoms with E-state index in [0.717, 1.165) is 43.2 Å². The summed E-state index contributed by atoms with van der Waals surface area (Å²) in [6.45, 7) is 6.70. The number of nitrogens with one attached hydrogen (secondary N) is 1. The molecule has 2 N–H and O–H groups in total. The summed E-state index contributed by atoms with van der Waals surface area (Å²) in [5, 5.41) is 10.8. The van der Waals surface area contributed by atoms with Crippen LogP contribution in [0.25, 0.3) is 12.2 Å². The fourth-order valence-corrected chi connectivity index (χ4v) is 5.19. The van der Waals surface area contributed by atoms with Crippen LogP contribution in [0.3, 0.4) is 0 Å². The number of aryl methyl sites for hydroxylation is 1. The molecule has 0 radical (unpaired) electrons. The SMILES string of the molecule is Cc1cc[nH]c1C=Cc1ccccc1OCC(O)CN1CCN(C(c2ccccc2)c2ccccc2)CC1. The van der Waals surface area contributed by atoms with Gasteiger partial charge in [0.15, 0.2) is 0 Å². The molecule has 3 aromatic carbocycles. The van der Waals surface area contributed by atoms with Crippen LogP contribution in [0.15, 0.2) is 97.2 Å². The number of hydrogen-bond acceptors (Lipinski definition) is 4. The molecule has 1 aromatic heterocycles. The second kappa shape index (κ2) is 12.7. The number of rotatable bonds is 10. The first-order valence-electron chi connectivity index (χ1n) is 13.5. The number of aliphatic hydroxyl groups is 1. The predicted octanol–water partition coefficient (Wildman–Crippen LogP) is 5.64. The Bertz CT molecular complexity index is 1250. The van der Waals surface area contributed by atoms with E-state index in [1.165, 1.54) is 16.7 Å². The lowest BCUT2D eigenvalue weighted by atomic mass is 9.96. The van der Waals surface area contributed by atoms with E-state index >= 15 is 0 Å². The average molecular weight is 508 g/mol. The number of aromatic nitrogens is 1. The number of aliphatic hydroxyl groups excluding tert-OH is 1. The first-order valence-corrected chi connectivity index (χ1v) is 13.5. The Hall–Kier alpha value is -3.64. The summed E-state index contributed by atoms with van der Waals surface area (Å²) in [5.74, 6) is 0.783. The van der Waals surface area contributed by atoms with E-state index in [0.29, 0.717) is 6.54 Å². The van der Waals surface area contributed by atoms with Crippen LogP contribution in [0.1, 0.15) is 34.0 Å². The number of aromatic amines is 1. The minimum atomic E-state index is -0.553. The molecule has 5 rings (SSSR count). The maximum atomic E-state index is 10.8. The van der Waals surface area contributed by atoms with Gasteiger partial charge in [-0.15, -0.1) is 0 Å². The first-order chi connectivity index (χ1) is 18.7. The highest BCUT2D eigenvalue weighted by molar-refractivity contribution is 5.72. The van der Waals surface area contributed by atoms with Crippen molar-refractivity contribution in [3.05, 3.63) is 125 Å². The molecule has 0 saturated carbocycles. The molecule has 1 unspecified atom stereocenters. The zero-order valence-corrected chi connectivity index (χ0v) is 22.0. The Morgan fingerprint density at radius 2 is 1.45 bits per heavy atom. The summed E-state index contributed by atoms with van der Waals surface area (Å²) in [6, 6.07) is 31.8. The molecule has 38 heavy (non-hydrogen) atoms. The Morgan fingerprint density at radius 3 is 2.08 bits per heavy atom. The molecule has 5 nitrogen and oxygen atoms in total. The topological polar surface area (TPSA) is 51.7 Å². The van der Waals surface area contributed by atoms with Crippen LogP contribution in [0.2, 0.25) is 0 Å². The van der Waals surface area contributed by atoms with Crippen LogP contribution in [-0.4, -0.2) is 65.3 Å². The third kappa shape index (κ3) is 6.62. The minimum absolute atomic E-state index is 0.243. The van der Waals surface area contributed by atoms with E-state index in [-0.39, 0.29) is 12.6 Å². The zero-order valence-electron chi connectivity index (χ0n) is 22.0. The van der Waals surface area contributed by atoms with Crippen LogP contribution in [-0.2, 0) is 0 Å². The van der Waals surface area contributed by atoms with Crippen LogP contribution in [0, 0.1) is 6.92 Å². The van der Waals surface area contributed by atoms with Gasteiger partial charge in [0.2, 0.25) is 0 Å². The monoisotopic (exact) mass is 507 g/mol. The molecule has 1 atom stereocenters. The van der Waals surface area contributed by atoms with Gasteiger partial charge < -0.3 is 14.8 Å². The number of ether oxygens (including phenoxy) is 1. The molecule has 0 bridgehead atoms. The molecule has 0 aliphatic carbocycles. The first kappa shape index (κ1) is 26.0. The largest absolute Gasteiger partial charge is 0.490 e. The normalized spacial score (nSPS) is 15.8. The number of H-pyrrole nitrogens is 1. The molecule has 0 spiro atoms. The molecule has 1 saturated heterocycles. The van der Waals surface area contributed by atoms with Crippen molar-refractivity contribution in [2.75, 3.05) is 39.3 Å². The van der Waals surface area contributed by atoms with Crippen molar-refractivity contribution in [1.29, 1.82) is 0 Å². The number of piperazine rings is 1. The number of hydrogen-bond donors (Lipinski definition) is 2. The molecule has 0 amide bonds. The summed E-state index contributed by atoms with van der Waals surface area (Å²) >= 11 is 0. The molecule has 196 valence electrons. The maximum Gasteiger partial charge on any atom is 0.126 e. The summed E-state index contributed by atoms with van der Waals surface area (Å²) < 4.78 is 6.07. The van der Waals surface area contributed by atoms with Gasteiger partial charge in [-0.25, -0.2) is 0 Å². The van der Waals surface area contributed by atoms with E-state index < -0.39 is 6.10 Å². The van der Waals surface area contributed by atoms with E-state index in [1.807, 2.05) is 30.5 Å². The van der Waals surface area contributed by atoms with Crippen molar-refractivity contribution in [3.63, 3.8) is 0 Å². The van der Waals surface area contributed by atoms with Gasteiger partial charge in [-0.2, -0.15) is 0 Å². The molecular weight excluding hydrogens is 470 g/mol. The molecule has 1 fully saturated rings. The van der Waals surface area contributed by atoms with Crippen molar-refractivity contribution < 1.29 is 9.84 Å². The summed E-state index contributed by atoms with van der Waals surface area (Å²) in [7, 11) is 0. The third-order valence-electron chi connectivity index (χ3n) is 7.25. The second-order valence-electron chi connectivity index (χ2n) is 9.97. The standard InChI is InChI=1S/C33H37N3O2/c1-26-18-19-34-31(26)17-16-27-10-8-9-15-32(27)38-25-30(37)24-35-20-22-36(23-21-35)33(28-11-4-2-5-12-28)29-13-6-3-7-14-29/h2-19,30,33-34,37H,20-25H2,1H3. The van der Waals surface area contributed by atoms with Crippen LogP contribution < -0.4 is 4.74 Å². The fraction of sp³-hybridized carbons (Fsp3) is 0.273. The average Bonchev–Trinajstić information content (AvgIpc) is 3.38. The van der Waals surface area contributed by atoms with Crippen LogP contribution >= 0.6 is 0 Å². The lowest BCUT2D eigenvalue weighted by Crippen LogP contribution is -2.50. The smallest absolute Gasteiger partial charge is 0.126 e. The van der Waals surface area contributed by atoms with Gasteiger partial charge in [-0.05, 0) is 47.9 Å². The molecule has 2 heterocycles. The van der Waals surface area contributed by atoms with Crippen LogP contribution in [0.5, 0.6) is 5.75 Å². The molecule has 1 aliphatic rings. The summed E-state index contributed by atoms with van der Waals surface area (Å²) in [4.78, 5) is 8.14. The van der Waals surface area contributed by atoms with Gasteiger partial charge in [0.25, 0.3) is 0 Å². The minimum Gasteiger partial charge on any atom is -0.490 e. The number of nitrogens with zero attached hydrogens (tertiary/aromatic N) is 2. The second-order valence-corrected chi connectivity index (χ2v) is 9.97. The van der Waals surface area contributed by atoms with Gasteiger partial charge in [0, 0.05) is 50.2 Å². The highest BCUT2D eigenvalue weighted by Crippen LogP contribution is 2.29. The lowest BCUT2D eigenvalue weighted by molar-refractivity contribution is 0.0400. The van der Waals surface area contributed by atoms with Crippen LogP contribution in [0.4, 0.5) is 0 Å². The molecular formula is C33H37N3O2.